The summed E-state index contributed by atoms with van der Waals surface area (Å²) in [6.45, 7) is 5.06. The second-order valence-electron chi connectivity index (χ2n) is 4.55. The zero-order valence-corrected chi connectivity index (χ0v) is 9.52. The fraction of sp³-hybridized carbons (Fsp3) is 0.583. The lowest BCUT2D eigenvalue weighted by Gasteiger charge is -2.22. The van der Waals surface area contributed by atoms with Crippen molar-refractivity contribution in [3.63, 3.8) is 0 Å². The third-order valence-electron chi connectivity index (χ3n) is 3.16. The van der Waals surface area contributed by atoms with Crippen LogP contribution in [0, 0.1) is 0 Å². The van der Waals surface area contributed by atoms with Crippen molar-refractivity contribution in [3.8, 4) is 0 Å². The van der Waals surface area contributed by atoms with Gasteiger partial charge in [0.1, 0.15) is 0 Å². The summed E-state index contributed by atoms with van der Waals surface area (Å²) in [5, 5.41) is 17.5. The van der Waals surface area contributed by atoms with Gasteiger partial charge in [0.05, 0.1) is 11.8 Å². The van der Waals surface area contributed by atoms with Gasteiger partial charge < -0.3 is 10.4 Å². The first-order chi connectivity index (χ1) is 7.72. The first-order valence-electron chi connectivity index (χ1n) is 5.81. The maximum Gasteiger partial charge on any atom is 0.0771 e. The first-order valence-corrected chi connectivity index (χ1v) is 5.81. The molecule has 16 heavy (non-hydrogen) atoms. The number of aliphatic hydroxyl groups is 1. The number of hydrogen-bond acceptors (Lipinski definition) is 3. The zero-order valence-electron chi connectivity index (χ0n) is 9.52. The van der Waals surface area contributed by atoms with E-state index >= 15 is 0 Å². The molecule has 1 aliphatic rings. The van der Waals surface area contributed by atoms with Gasteiger partial charge in [0, 0.05) is 31.0 Å². The summed E-state index contributed by atoms with van der Waals surface area (Å²) in [4.78, 5) is 0. The third-order valence-corrected chi connectivity index (χ3v) is 3.16. The van der Waals surface area contributed by atoms with Gasteiger partial charge in [-0.2, -0.15) is 5.10 Å². The van der Waals surface area contributed by atoms with Gasteiger partial charge in [-0.25, -0.2) is 4.68 Å². The molecule has 4 heteroatoms. The minimum absolute atomic E-state index is 0.478. The highest BCUT2D eigenvalue weighted by atomic mass is 16.3. The molecule has 1 aromatic heterocycles. The Morgan fingerprint density at radius 1 is 1.56 bits per heavy atom. The van der Waals surface area contributed by atoms with Gasteiger partial charge in [-0.3, -0.25) is 0 Å². The Balaban J connectivity index is 1.77. The average Bonchev–Trinajstić information content (AvgIpc) is 2.88. The number of aromatic nitrogens is 2. The Morgan fingerprint density at radius 2 is 2.31 bits per heavy atom. The molecule has 1 fully saturated rings. The van der Waals surface area contributed by atoms with Crippen LogP contribution in [-0.4, -0.2) is 27.0 Å². The largest absolute Gasteiger partial charge is 0.389 e. The van der Waals surface area contributed by atoms with Gasteiger partial charge in [0.15, 0.2) is 0 Å². The summed E-state index contributed by atoms with van der Waals surface area (Å²) in [5.41, 5.74) is 0.635. The maximum absolute atomic E-state index is 10.1. The molecule has 0 aliphatic heterocycles. The van der Waals surface area contributed by atoms with Crippen LogP contribution < -0.4 is 5.32 Å². The summed E-state index contributed by atoms with van der Waals surface area (Å²) in [6.07, 6.45) is 9.54. The lowest BCUT2D eigenvalue weighted by Crippen LogP contribution is -2.37. The summed E-state index contributed by atoms with van der Waals surface area (Å²) in [6, 6.07) is 0. The summed E-state index contributed by atoms with van der Waals surface area (Å²) in [5.74, 6) is 0. The van der Waals surface area contributed by atoms with Crippen molar-refractivity contribution in [1.29, 1.82) is 0 Å². The molecular formula is C12H19N3O. The Bertz CT molecular complexity index is 353. The third kappa shape index (κ3) is 2.71. The van der Waals surface area contributed by atoms with Crippen molar-refractivity contribution in [2.24, 2.45) is 0 Å². The Morgan fingerprint density at radius 3 is 2.94 bits per heavy atom. The van der Waals surface area contributed by atoms with E-state index < -0.39 is 5.60 Å². The molecule has 0 atom stereocenters. The smallest absolute Gasteiger partial charge is 0.0771 e. The van der Waals surface area contributed by atoms with E-state index in [0.717, 1.165) is 37.8 Å². The molecule has 0 radical (unpaired) electrons. The molecule has 1 saturated carbocycles. The summed E-state index contributed by atoms with van der Waals surface area (Å²) >= 11 is 0. The molecule has 2 rings (SSSR count). The van der Waals surface area contributed by atoms with Gasteiger partial charge in [0.2, 0.25) is 0 Å². The van der Waals surface area contributed by atoms with Gasteiger partial charge >= 0.3 is 0 Å². The monoisotopic (exact) mass is 221 g/mol. The minimum Gasteiger partial charge on any atom is -0.389 e. The van der Waals surface area contributed by atoms with E-state index in [0.29, 0.717) is 6.54 Å². The van der Waals surface area contributed by atoms with Crippen LogP contribution in [0.1, 0.15) is 31.2 Å². The van der Waals surface area contributed by atoms with Gasteiger partial charge in [-0.15, -0.1) is 0 Å². The molecule has 1 heterocycles. The van der Waals surface area contributed by atoms with E-state index in [1.165, 1.54) is 0 Å². The van der Waals surface area contributed by atoms with Crippen molar-refractivity contribution < 1.29 is 5.11 Å². The van der Waals surface area contributed by atoms with Crippen LogP contribution in [0.15, 0.2) is 19.0 Å². The minimum atomic E-state index is -0.478. The second-order valence-corrected chi connectivity index (χ2v) is 4.55. The summed E-state index contributed by atoms with van der Waals surface area (Å²) < 4.78 is 1.68. The van der Waals surface area contributed by atoms with Gasteiger partial charge in [-0.1, -0.05) is 19.4 Å². The van der Waals surface area contributed by atoms with Crippen molar-refractivity contribution in [2.45, 2.75) is 37.8 Å². The van der Waals surface area contributed by atoms with Crippen molar-refractivity contribution >= 4 is 6.20 Å². The van der Waals surface area contributed by atoms with Crippen LogP contribution in [0.2, 0.25) is 0 Å². The molecule has 1 aromatic rings. The predicted molar refractivity (Wildman–Crippen MR) is 63.7 cm³/mol. The number of rotatable bonds is 5. The zero-order chi connectivity index (χ0) is 11.4. The van der Waals surface area contributed by atoms with Crippen molar-refractivity contribution in [3.05, 3.63) is 24.5 Å². The Hall–Kier alpha value is -1.13. The molecular weight excluding hydrogens is 202 g/mol. The van der Waals surface area contributed by atoms with Crippen LogP contribution in [0.5, 0.6) is 0 Å². The van der Waals surface area contributed by atoms with Gasteiger partial charge in [0.25, 0.3) is 0 Å². The maximum atomic E-state index is 10.1. The predicted octanol–water partition coefficient (Wildman–Crippen LogP) is 1.38. The van der Waals surface area contributed by atoms with Crippen LogP contribution in [0.25, 0.3) is 6.20 Å². The lowest BCUT2D eigenvalue weighted by atomic mass is 10.0. The van der Waals surface area contributed by atoms with E-state index in [9.17, 15) is 5.11 Å². The van der Waals surface area contributed by atoms with E-state index in [1.54, 1.807) is 10.9 Å². The molecule has 0 amide bonds. The topological polar surface area (TPSA) is 50.1 Å². The second kappa shape index (κ2) is 4.80. The molecule has 0 aromatic carbocycles. The molecule has 0 bridgehead atoms. The van der Waals surface area contributed by atoms with E-state index in [-0.39, 0.29) is 0 Å². The molecule has 1 aliphatic carbocycles. The van der Waals surface area contributed by atoms with Crippen LogP contribution in [0.3, 0.4) is 0 Å². The first kappa shape index (κ1) is 11.4. The highest BCUT2D eigenvalue weighted by Gasteiger charge is 2.30. The standard InChI is InChI=1S/C12H19N3O/c1-2-15-9-11(8-14-15)7-13-10-12(16)5-3-4-6-12/h2,8-9,13,16H,1,3-7,10H2. The fourth-order valence-corrected chi connectivity index (χ4v) is 2.22. The van der Waals surface area contributed by atoms with Gasteiger partial charge in [-0.05, 0) is 12.8 Å². The Kier molecular flexibility index (Phi) is 3.41. The molecule has 88 valence electrons. The molecule has 4 nitrogen and oxygen atoms in total. The lowest BCUT2D eigenvalue weighted by molar-refractivity contribution is 0.0475. The quantitative estimate of drug-likeness (QED) is 0.789. The molecule has 0 spiro atoms. The average molecular weight is 221 g/mol. The molecule has 0 saturated heterocycles. The number of nitrogens with one attached hydrogen (secondary N) is 1. The summed E-state index contributed by atoms with van der Waals surface area (Å²) in [7, 11) is 0. The Labute approximate surface area is 96.0 Å². The van der Waals surface area contributed by atoms with E-state index in [2.05, 4.69) is 17.0 Å². The SMILES string of the molecule is C=Cn1cc(CNCC2(O)CCCC2)cn1. The van der Waals surface area contributed by atoms with E-state index in [4.69, 9.17) is 0 Å². The van der Waals surface area contributed by atoms with Crippen molar-refractivity contribution in [1.82, 2.24) is 15.1 Å². The van der Waals surface area contributed by atoms with Crippen LogP contribution in [-0.2, 0) is 6.54 Å². The fourth-order valence-electron chi connectivity index (χ4n) is 2.22. The van der Waals surface area contributed by atoms with Crippen molar-refractivity contribution in [2.75, 3.05) is 6.54 Å². The highest BCUT2D eigenvalue weighted by molar-refractivity contribution is 5.17. The van der Waals surface area contributed by atoms with Crippen LogP contribution >= 0.6 is 0 Å². The number of nitrogens with zero attached hydrogens (tertiary/aromatic N) is 2. The molecule has 2 N–H and O–H groups in total. The van der Waals surface area contributed by atoms with Crippen LogP contribution in [0.4, 0.5) is 0 Å². The highest BCUT2D eigenvalue weighted by Crippen LogP contribution is 2.28. The molecule has 0 unspecified atom stereocenters. The number of hydrogen-bond donors (Lipinski definition) is 2. The normalized spacial score (nSPS) is 18.8. The van der Waals surface area contributed by atoms with E-state index in [1.807, 2.05) is 12.4 Å².